The molecule has 1 saturated heterocycles. The molecule has 0 aliphatic carbocycles. The van der Waals surface area contributed by atoms with E-state index >= 15 is 0 Å². The van der Waals surface area contributed by atoms with Crippen LogP contribution in [0, 0.1) is 0 Å². The van der Waals surface area contributed by atoms with Crippen LogP contribution >= 0.6 is 0 Å². The molecule has 134 valence electrons. The molecule has 0 amide bonds. The van der Waals surface area contributed by atoms with Gasteiger partial charge in [0.25, 0.3) is 0 Å². The second-order valence-electron chi connectivity index (χ2n) is 7.28. The van der Waals surface area contributed by atoms with Crippen molar-refractivity contribution in [2.75, 3.05) is 13.1 Å². The van der Waals surface area contributed by atoms with E-state index in [0.29, 0.717) is 12.1 Å². The third kappa shape index (κ3) is 4.68. The van der Waals surface area contributed by atoms with Crippen LogP contribution in [0.1, 0.15) is 75.1 Å². The zero-order chi connectivity index (χ0) is 17.6. The number of aromatic nitrogens is 1. The summed E-state index contributed by atoms with van der Waals surface area (Å²) in [6.07, 6.45) is 4.00. The van der Waals surface area contributed by atoms with Gasteiger partial charge in [-0.2, -0.15) is 0 Å². The van der Waals surface area contributed by atoms with Crippen LogP contribution in [-0.2, 0) is 0 Å². The molecule has 1 aromatic carbocycles. The molecule has 1 N–H and O–H groups in total. The van der Waals surface area contributed by atoms with Crippen LogP contribution in [-0.4, -0.2) is 23.0 Å². The van der Waals surface area contributed by atoms with Gasteiger partial charge in [-0.05, 0) is 64.4 Å². The number of benzene rings is 1. The first kappa shape index (κ1) is 18.1. The number of hydrogen-bond donors (Lipinski definition) is 1. The lowest BCUT2D eigenvalue weighted by Crippen LogP contribution is -2.33. The highest BCUT2D eigenvalue weighted by molar-refractivity contribution is 5.20. The Balaban J connectivity index is 1.67. The van der Waals surface area contributed by atoms with E-state index < -0.39 is 0 Å². The summed E-state index contributed by atoms with van der Waals surface area (Å²) in [4.78, 5) is 7.56. The van der Waals surface area contributed by atoms with E-state index in [1.807, 2.05) is 0 Å². The normalized spacial score (nSPS) is 19.3. The number of piperidine rings is 1. The largest absolute Gasteiger partial charge is 0.302 e. The standard InChI is InChI=1S/C22H31N3/c1-17(20-11-6-4-7-12-20)23-18(2)21-13-10-14-22(24-21)19(3)25-15-8-5-9-16-25/h4,6-7,10-14,17-19,23H,5,8-9,15-16H2,1-3H3/t17-,18-,19-/m0/s1. The molecule has 0 saturated carbocycles. The smallest absolute Gasteiger partial charge is 0.0576 e. The first-order valence-electron chi connectivity index (χ1n) is 9.67. The van der Waals surface area contributed by atoms with E-state index in [9.17, 15) is 0 Å². The Hall–Kier alpha value is -1.71. The predicted octanol–water partition coefficient (Wildman–Crippen LogP) is 5.04. The number of pyridine rings is 1. The van der Waals surface area contributed by atoms with Gasteiger partial charge < -0.3 is 5.32 Å². The Morgan fingerprint density at radius 3 is 2.20 bits per heavy atom. The fraction of sp³-hybridized carbons (Fsp3) is 0.500. The van der Waals surface area contributed by atoms with E-state index in [-0.39, 0.29) is 6.04 Å². The quantitative estimate of drug-likeness (QED) is 0.800. The maximum Gasteiger partial charge on any atom is 0.0576 e. The van der Waals surface area contributed by atoms with E-state index in [2.05, 4.69) is 79.5 Å². The molecule has 1 aromatic heterocycles. The molecule has 3 atom stereocenters. The molecule has 0 radical (unpaired) electrons. The van der Waals surface area contributed by atoms with Gasteiger partial charge >= 0.3 is 0 Å². The molecular formula is C22H31N3. The van der Waals surface area contributed by atoms with Crippen molar-refractivity contribution in [3.63, 3.8) is 0 Å². The fourth-order valence-electron chi connectivity index (χ4n) is 3.73. The predicted molar refractivity (Wildman–Crippen MR) is 104 cm³/mol. The molecule has 3 rings (SSSR count). The molecular weight excluding hydrogens is 306 g/mol. The molecule has 3 nitrogen and oxygen atoms in total. The summed E-state index contributed by atoms with van der Waals surface area (Å²) in [6, 6.07) is 18.0. The fourth-order valence-corrected chi connectivity index (χ4v) is 3.73. The lowest BCUT2D eigenvalue weighted by Gasteiger charge is -2.32. The van der Waals surface area contributed by atoms with Gasteiger partial charge in [-0.15, -0.1) is 0 Å². The summed E-state index contributed by atoms with van der Waals surface area (Å²) in [6.45, 7) is 9.11. The Labute approximate surface area is 152 Å². The van der Waals surface area contributed by atoms with E-state index in [4.69, 9.17) is 4.98 Å². The monoisotopic (exact) mass is 337 g/mol. The van der Waals surface area contributed by atoms with E-state index in [0.717, 1.165) is 5.69 Å². The maximum absolute atomic E-state index is 4.99. The molecule has 2 aromatic rings. The molecule has 1 aliphatic heterocycles. The summed E-state index contributed by atoms with van der Waals surface area (Å²) in [5.74, 6) is 0. The van der Waals surface area contributed by atoms with E-state index in [1.165, 1.54) is 43.6 Å². The van der Waals surface area contributed by atoms with Gasteiger partial charge in [0.1, 0.15) is 0 Å². The second-order valence-corrected chi connectivity index (χ2v) is 7.28. The lowest BCUT2D eigenvalue weighted by atomic mass is 10.0. The van der Waals surface area contributed by atoms with Crippen LogP contribution in [0.3, 0.4) is 0 Å². The number of nitrogens with zero attached hydrogens (tertiary/aromatic N) is 2. The van der Waals surface area contributed by atoms with Gasteiger partial charge in [-0.1, -0.05) is 42.8 Å². The Morgan fingerprint density at radius 1 is 0.800 bits per heavy atom. The number of nitrogens with one attached hydrogen (secondary N) is 1. The molecule has 0 unspecified atom stereocenters. The lowest BCUT2D eigenvalue weighted by molar-refractivity contribution is 0.171. The van der Waals surface area contributed by atoms with Crippen molar-refractivity contribution in [1.29, 1.82) is 0 Å². The third-order valence-corrected chi connectivity index (χ3v) is 5.40. The van der Waals surface area contributed by atoms with Crippen molar-refractivity contribution in [2.24, 2.45) is 0 Å². The van der Waals surface area contributed by atoms with Gasteiger partial charge in [0, 0.05) is 18.1 Å². The average molecular weight is 338 g/mol. The minimum absolute atomic E-state index is 0.226. The Bertz CT molecular complexity index is 649. The van der Waals surface area contributed by atoms with Gasteiger partial charge in [-0.25, -0.2) is 0 Å². The molecule has 3 heteroatoms. The zero-order valence-electron chi connectivity index (χ0n) is 15.8. The number of likely N-dealkylation sites (tertiary alicyclic amines) is 1. The van der Waals surface area contributed by atoms with Gasteiger partial charge in [0.05, 0.1) is 11.4 Å². The van der Waals surface area contributed by atoms with Crippen molar-refractivity contribution in [2.45, 2.75) is 58.2 Å². The topological polar surface area (TPSA) is 28.2 Å². The molecule has 2 heterocycles. The Morgan fingerprint density at radius 2 is 1.48 bits per heavy atom. The van der Waals surface area contributed by atoms with Gasteiger partial charge in [0.2, 0.25) is 0 Å². The van der Waals surface area contributed by atoms with Crippen molar-refractivity contribution in [3.8, 4) is 0 Å². The van der Waals surface area contributed by atoms with Crippen molar-refractivity contribution >= 4 is 0 Å². The Kier molecular flexibility index (Phi) is 6.22. The third-order valence-electron chi connectivity index (χ3n) is 5.40. The van der Waals surface area contributed by atoms with Crippen molar-refractivity contribution < 1.29 is 0 Å². The SMILES string of the molecule is C[C@H](N[C@@H](C)c1cccc([C@H](C)N2CCCCC2)n1)c1ccccc1. The van der Waals surface area contributed by atoms with Crippen molar-refractivity contribution in [1.82, 2.24) is 15.2 Å². The summed E-state index contributed by atoms with van der Waals surface area (Å²) in [5.41, 5.74) is 3.64. The summed E-state index contributed by atoms with van der Waals surface area (Å²) < 4.78 is 0. The number of hydrogen-bond acceptors (Lipinski definition) is 3. The van der Waals surface area contributed by atoms with E-state index in [1.54, 1.807) is 0 Å². The zero-order valence-corrected chi connectivity index (χ0v) is 15.8. The van der Waals surface area contributed by atoms with Crippen LogP contribution in [0.25, 0.3) is 0 Å². The van der Waals surface area contributed by atoms with Crippen LogP contribution in [0.2, 0.25) is 0 Å². The summed E-state index contributed by atoms with van der Waals surface area (Å²) in [7, 11) is 0. The molecule has 25 heavy (non-hydrogen) atoms. The van der Waals surface area contributed by atoms with Crippen LogP contribution in [0.5, 0.6) is 0 Å². The molecule has 0 bridgehead atoms. The minimum Gasteiger partial charge on any atom is -0.302 e. The van der Waals surface area contributed by atoms with Crippen LogP contribution in [0.4, 0.5) is 0 Å². The van der Waals surface area contributed by atoms with Crippen molar-refractivity contribution in [3.05, 3.63) is 65.5 Å². The maximum atomic E-state index is 4.99. The first-order valence-corrected chi connectivity index (χ1v) is 9.67. The molecule has 1 fully saturated rings. The average Bonchev–Trinajstić information content (AvgIpc) is 2.68. The van der Waals surface area contributed by atoms with Crippen LogP contribution in [0.15, 0.2) is 48.5 Å². The summed E-state index contributed by atoms with van der Waals surface area (Å²) >= 11 is 0. The van der Waals surface area contributed by atoms with Crippen LogP contribution < -0.4 is 5.32 Å². The molecule has 0 spiro atoms. The second kappa shape index (κ2) is 8.59. The van der Waals surface area contributed by atoms with Gasteiger partial charge in [0.15, 0.2) is 0 Å². The first-order chi connectivity index (χ1) is 12.1. The highest BCUT2D eigenvalue weighted by Crippen LogP contribution is 2.24. The van der Waals surface area contributed by atoms with Gasteiger partial charge in [-0.3, -0.25) is 9.88 Å². The molecule has 1 aliphatic rings. The highest BCUT2D eigenvalue weighted by atomic mass is 15.2. The number of rotatable bonds is 6. The minimum atomic E-state index is 0.226. The summed E-state index contributed by atoms with van der Waals surface area (Å²) in [5, 5.41) is 3.68. The highest BCUT2D eigenvalue weighted by Gasteiger charge is 2.20.